The lowest BCUT2D eigenvalue weighted by Crippen LogP contribution is -2.28. The summed E-state index contributed by atoms with van der Waals surface area (Å²) in [5.74, 6) is 1.60. The van der Waals surface area contributed by atoms with Gasteiger partial charge in [-0.3, -0.25) is 0 Å². The van der Waals surface area contributed by atoms with E-state index in [4.69, 9.17) is 9.47 Å². The van der Waals surface area contributed by atoms with E-state index in [1.807, 2.05) is 6.07 Å². The first-order valence-electron chi connectivity index (χ1n) is 5.47. The minimum Gasteiger partial charge on any atom is -0.493 e. The number of likely N-dealkylation sites (N-methyl/N-ethyl adjacent to an activating group) is 1. The molecule has 3 heteroatoms. The van der Waals surface area contributed by atoms with Crippen LogP contribution in [0.1, 0.15) is 18.1 Å². The summed E-state index contributed by atoms with van der Waals surface area (Å²) in [6.45, 7) is 2.22. The predicted molar refractivity (Wildman–Crippen MR) is 64.1 cm³/mol. The quantitative estimate of drug-likeness (QED) is 0.708. The Balaban J connectivity index is 2.51. The molecule has 0 saturated heterocycles. The van der Waals surface area contributed by atoms with Gasteiger partial charge in [0.25, 0.3) is 0 Å². The molecule has 0 fully saturated rings. The second kappa shape index (κ2) is 4.16. The molecule has 0 spiro atoms. The molecule has 0 amide bonds. The van der Waals surface area contributed by atoms with Crippen molar-refractivity contribution < 1.29 is 14.0 Å². The van der Waals surface area contributed by atoms with Crippen LogP contribution >= 0.6 is 0 Å². The summed E-state index contributed by atoms with van der Waals surface area (Å²) in [6, 6.07) is 4.65. The fourth-order valence-electron chi connectivity index (χ4n) is 2.04. The highest BCUT2D eigenvalue weighted by molar-refractivity contribution is 5.80. The number of hydrogen-bond acceptors (Lipinski definition) is 2. The molecule has 1 heterocycles. The van der Waals surface area contributed by atoms with Gasteiger partial charge in [-0.05, 0) is 24.6 Å². The molecule has 0 aromatic heterocycles. The average Bonchev–Trinajstić information content (AvgIpc) is 2.29. The maximum absolute atomic E-state index is 5.31. The van der Waals surface area contributed by atoms with Gasteiger partial charge in [-0.2, -0.15) is 0 Å². The summed E-state index contributed by atoms with van der Waals surface area (Å²) in [4.78, 5) is 0. The zero-order valence-electron chi connectivity index (χ0n) is 10.3. The van der Waals surface area contributed by atoms with Crippen molar-refractivity contribution in [3.63, 3.8) is 0 Å². The average molecular weight is 220 g/mol. The minimum atomic E-state index is 0.533. The summed E-state index contributed by atoms with van der Waals surface area (Å²) < 4.78 is 12.8. The summed E-state index contributed by atoms with van der Waals surface area (Å²) in [6.07, 6.45) is 3.20. The number of hydrogen-bond donors (Lipinski definition) is 0. The molecule has 16 heavy (non-hydrogen) atoms. The zero-order chi connectivity index (χ0) is 11.7. The summed E-state index contributed by atoms with van der Waals surface area (Å²) >= 11 is 0. The van der Waals surface area contributed by atoms with E-state index < -0.39 is 0 Å². The standard InChI is InChI=1S/C13H18NO2/c1-9-5-10-6-12(15-3)13(16-4)7-11(10)8-14(9)2/h6-9H,5H2,1-4H3/q+1. The number of nitrogens with zero attached hydrogens (tertiary/aromatic N) is 1. The van der Waals surface area contributed by atoms with E-state index in [0.717, 1.165) is 17.9 Å². The Bertz CT molecular complexity index is 438. The van der Waals surface area contributed by atoms with Crippen molar-refractivity contribution in [2.24, 2.45) is 0 Å². The Morgan fingerprint density at radius 1 is 1.19 bits per heavy atom. The van der Waals surface area contributed by atoms with Crippen LogP contribution in [-0.2, 0) is 6.42 Å². The maximum Gasteiger partial charge on any atom is 0.171 e. The van der Waals surface area contributed by atoms with Crippen LogP contribution in [0.5, 0.6) is 11.5 Å². The first-order chi connectivity index (χ1) is 7.65. The summed E-state index contributed by atoms with van der Waals surface area (Å²) in [7, 11) is 5.44. The van der Waals surface area contributed by atoms with Gasteiger partial charge in [0, 0.05) is 12.0 Å². The molecule has 3 nitrogen and oxygen atoms in total. The van der Waals surface area contributed by atoms with Crippen LogP contribution in [0.4, 0.5) is 0 Å². The van der Waals surface area contributed by atoms with Crippen molar-refractivity contribution in [1.82, 2.24) is 0 Å². The van der Waals surface area contributed by atoms with Gasteiger partial charge in [0.15, 0.2) is 23.8 Å². The molecule has 1 aliphatic heterocycles. The van der Waals surface area contributed by atoms with Crippen LogP contribution in [0, 0.1) is 0 Å². The normalized spacial score (nSPS) is 18.8. The van der Waals surface area contributed by atoms with Gasteiger partial charge in [-0.1, -0.05) is 0 Å². The fourth-order valence-corrected chi connectivity index (χ4v) is 2.04. The molecule has 0 bridgehead atoms. The molecule has 0 radical (unpaired) electrons. The third-order valence-corrected chi connectivity index (χ3v) is 3.20. The molecule has 86 valence electrons. The minimum absolute atomic E-state index is 0.533. The Hall–Kier alpha value is -1.51. The van der Waals surface area contributed by atoms with Crippen molar-refractivity contribution >= 4 is 6.21 Å². The molecule has 1 atom stereocenters. The van der Waals surface area contributed by atoms with Crippen LogP contribution in [0.15, 0.2) is 12.1 Å². The van der Waals surface area contributed by atoms with Gasteiger partial charge in [0.2, 0.25) is 0 Å². The number of methoxy groups -OCH3 is 2. The maximum atomic E-state index is 5.31. The number of fused-ring (bicyclic) bond motifs is 1. The molecule has 2 rings (SSSR count). The molecule has 1 unspecified atom stereocenters. The topological polar surface area (TPSA) is 21.5 Å². The first-order valence-corrected chi connectivity index (χ1v) is 5.47. The summed E-state index contributed by atoms with van der Waals surface area (Å²) in [5.41, 5.74) is 2.54. The lowest BCUT2D eigenvalue weighted by atomic mass is 9.97. The van der Waals surface area contributed by atoms with E-state index >= 15 is 0 Å². The van der Waals surface area contributed by atoms with Gasteiger partial charge < -0.3 is 9.47 Å². The number of benzene rings is 1. The monoisotopic (exact) mass is 220 g/mol. The van der Waals surface area contributed by atoms with Crippen molar-refractivity contribution in [3.8, 4) is 11.5 Å². The van der Waals surface area contributed by atoms with E-state index in [9.17, 15) is 0 Å². The Labute approximate surface area is 96.3 Å². The van der Waals surface area contributed by atoms with Crippen LogP contribution in [0.3, 0.4) is 0 Å². The number of ether oxygens (including phenoxy) is 2. The molecule has 1 aliphatic rings. The Kier molecular flexibility index (Phi) is 2.86. The van der Waals surface area contributed by atoms with Crippen molar-refractivity contribution in [1.29, 1.82) is 0 Å². The van der Waals surface area contributed by atoms with Gasteiger partial charge in [-0.25, -0.2) is 4.58 Å². The lowest BCUT2D eigenvalue weighted by molar-refractivity contribution is -0.530. The SMILES string of the molecule is COc1cc2c(cc1OC)CC(C)[N+](C)=C2. The molecule has 0 saturated carbocycles. The van der Waals surface area contributed by atoms with Crippen molar-refractivity contribution in [3.05, 3.63) is 23.3 Å². The zero-order valence-corrected chi connectivity index (χ0v) is 10.3. The molecule has 1 aromatic rings. The smallest absolute Gasteiger partial charge is 0.171 e. The van der Waals surface area contributed by atoms with E-state index in [0.29, 0.717) is 6.04 Å². The Morgan fingerprint density at radius 3 is 2.44 bits per heavy atom. The Morgan fingerprint density at radius 2 is 1.81 bits per heavy atom. The fraction of sp³-hybridized carbons (Fsp3) is 0.462. The largest absolute Gasteiger partial charge is 0.493 e. The first kappa shape index (κ1) is 11.0. The molecular formula is C13H18NO2+. The number of rotatable bonds is 2. The lowest BCUT2D eigenvalue weighted by Gasteiger charge is -2.18. The van der Waals surface area contributed by atoms with Gasteiger partial charge >= 0.3 is 0 Å². The van der Waals surface area contributed by atoms with Crippen LogP contribution in [-0.4, -0.2) is 38.1 Å². The van der Waals surface area contributed by atoms with Crippen LogP contribution < -0.4 is 9.47 Å². The van der Waals surface area contributed by atoms with E-state index in [-0.39, 0.29) is 0 Å². The highest BCUT2D eigenvalue weighted by Crippen LogP contribution is 2.31. The molecule has 0 N–H and O–H groups in total. The van der Waals surface area contributed by atoms with Crippen LogP contribution in [0.25, 0.3) is 0 Å². The van der Waals surface area contributed by atoms with Crippen molar-refractivity contribution in [2.45, 2.75) is 19.4 Å². The van der Waals surface area contributed by atoms with E-state index in [1.165, 1.54) is 11.1 Å². The highest BCUT2D eigenvalue weighted by atomic mass is 16.5. The second-order valence-corrected chi connectivity index (χ2v) is 4.25. The van der Waals surface area contributed by atoms with Gasteiger partial charge in [-0.15, -0.1) is 0 Å². The van der Waals surface area contributed by atoms with Crippen molar-refractivity contribution in [2.75, 3.05) is 21.3 Å². The molecule has 0 aliphatic carbocycles. The van der Waals surface area contributed by atoms with Gasteiger partial charge in [0.1, 0.15) is 7.05 Å². The second-order valence-electron chi connectivity index (χ2n) is 4.25. The molecular weight excluding hydrogens is 202 g/mol. The third-order valence-electron chi connectivity index (χ3n) is 3.20. The van der Waals surface area contributed by atoms with Crippen LogP contribution in [0.2, 0.25) is 0 Å². The third kappa shape index (κ3) is 1.77. The van der Waals surface area contributed by atoms with E-state index in [2.05, 4.69) is 30.8 Å². The summed E-state index contributed by atoms with van der Waals surface area (Å²) in [5, 5.41) is 0. The predicted octanol–water partition coefficient (Wildman–Crippen LogP) is 1.71. The molecule has 1 aromatic carbocycles. The highest BCUT2D eigenvalue weighted by Gasteiger charge is 2.22. The van der Waals surface area contributed by atoms with E-state index in [1.54, 1.807) is 14.2 Å². The van der Waals surface area contributed by atoms with Gasteiger partial charge in [0.05, 0.1) is 14.2 Å².